The number of aromatic nitrogens is 1. The highest BCUT2D eigenvalue weighted by Gasteiger charge is 2.09. The molecule has 0 atom stereocenters. The van der Waals surface area contributed by atoms with Gasteiger partial charge in [-0.25, -0.2) is 0 Å². The number of Topliss-reactive ketones (excluding diaryl/α,β-unsaturated/α-hetero) is 1. The van der Waals surface area contributed by atoms with E-state index in [0.717, 1.165) is 22.9 Å². The number of rotatable bonds is 7. The summed E-state index contributed by atoms with van der Waals surface area (Å²) in [7, 11) is 0. The van der Waals surface area contributed by atoms with E-state index in [-0.39, 0.29) is 18.2 Å². The average Bonchev–Trinajstić information content (AvgIpc) is 2.81. The van der Waals surface area contributed by atoms with Gasteiger partial charge in [-0.1, -0.05) is 0 Å². The Bertz CT molecular complexity index is 646. The van der Waals surface area contributed by atoms with Crippen molar-refractivity contribution in [3.8, 4) is 5.75 Å². The molecular formula is C16H20N2O3. The smallest absolute Gasteiger partial charge is 0.311 e. The lowest BCUT2D eigenvalue weighted by Crippen LogP contribution is -2.08. The van der Waals surface area contributed by atoms with Crippen LogP contribution < -0.4 is 10.5 Å². The number of nitrogens with one attached hydrogen (secondary N) is 1. The summed E-state index contributed by atoms with van der Waals surface area (Å²) >= 11 is 0. The highest BCUT2D eigenvalue weighted by molar-refractivity contribution is 5.85. The highest BCUT2D eigenvalue weighted by atomic mass is 16.5. The fraction of sp³-hybridized carbons (Fsp3) is 0.375. The molecule has 0 saturated heterocycles. The summed E-state index contributed by atoms with van der Waals surface area (Å²) in [6.45, 7) is 2.09. The third kappa shape index (κ3) is 4.16. The molecule has 21 heavy (non-hydrogen) atoms. The van der Waals surface area contributed by atoms with Gasteiger partial charge in [-0.15, -0.1) is 0 Å². The number of H-pyrrole nitrogens is 1. The van der Waals surface area contributed by atoms with Crippen LogP contribution in [0.15, 0.2) is 24.4 Å². The summed E-state index contributed by atoms with van der Waals surface area (Å²) in [4.78, 5) is 25.7. The van der Waals surface area contributed by atoms with Crippen LogP contribution in [0.1, 0.15) is 31.7 Å². The van der Waals surface area contributed by atoms with E-state index in [0.29, 0.717) is 25.1 Å². The second-order valence-corrected chi connectivity index (χ2v) is 5.09. The molecule has 1 aromatic heterocycles. The zero-order valence-corrected chi connectivity index (χ0v) is 12.1. The second-order valence-electron chi connectivity index (χ2n) is 5.09. The molecular weight excluding hydrogens is 268 g/mol. The number of benzene rings is 1. The van der Waals surface area contributed by atoms with Crippen LogP contribution in [0.3, 0.4) is 0 Å². The monoisotopic (exact) mass is 288 g/mol. The third-order valence-corrected chi connectivity index (χ3v) is 3.29. The van der Waals surface area contributed by atoms with Crippen molar-refractivity contribution in [3.05, 3.63) is 30.0 Å². The molecule has 0 aliphatic carbocycles. The van der Waals surface area contributed by atoms with E-state index in [1.165, 1.54) is 6.92 Å². The molecule has 1 aromatic carbocycles. The van der Waals surface area contributed by atoms with Gasteiger partial charge in [0.15, 0.2) is 0 Å². The summed E-state index contributed by atoms with van der Waals surface area (Å²) in [5, 5.41) is 1.02. The van der Waals surface area contributed by atoms with Gasteiger partial charge in [0.2, 0.25) is 0 Å². The molecule has 0 radical (unpaired) electrons. The fourth-order valence-corrected chi connectivity index (χ4v) is 2.25. The molecule has 0 saturated carbocycles. The van der Waals surface area contributed by atoms with Gasteiger partial charge >= 0.3 is 5.97 Å². The number of nitrogens with two attached hydrogens (primary N) is 1. The molecule has 0 spiro atoms. The Labute approximate surface area is 123 Å². The molecule has 0 unspecified atom stereocenters. The van der Waals surface area contributed by atoms with Gasteiger partial charge in [-0.05, 0) is 50.1 Å². The van der Waals surface area contributed by atoms with Crippen molar-refractivity contribution in [1.82, 2.24) is 4.98 Å². The van der Waals surface area contributed by atoms with E-state index in [1.54, 1.807) is 6.07 Å². The van der Waals surface area contributed by atoms with Crippen LogP contribution in [0.4, 0.5) is 0 Å². The molecule has 2 aromatic rings. The predicted molar refractivity (Wildman–Crippen MR) is 81.2 cm³/mol. The lowest BCUT2D eigenvalue weighted by molar-refractivity contribution is -0.134. The number of hydrogen-bond donors (Lipinski definition) is 2. The first-order chi connectivity index (χ1) is 10.1. The van der Waals surface area contributed by atoms with E-state index in [2.05, 4.69) is 4.98 Å². The van der Waals surface area contributed by atoms with Crippen LogP contribution in [-0.2, 0) is 16.0 Å². The van der Waals surface area contributed by atoms with Crippen LogP contribution >= 0.6 is 0 Å². The topological polar surface area (TPSA) is 85.2 Å². The van der Waals surface area contributed by atoms with E-state index >= 15 is 0 Å². The molecule has 3 N–H and O–H groups in total. The van der Waals surface area contributed by atoms with Crippen molar-refractivity contribution in [2.24, 2.45) is 5.73 Å². The van der Waals surface area contributed by atoms with Gasteiger partial charge < -0.3 is 20.2 Å². The van der Waals surface area contributed by atoms with E-state index in [1.807, 2.05) is 18.3 Å². The predicted octanol–water partition coefficient (Wildman–Crippen LogP) is 2.33. The lowest BCUT2D eigenvalue weighted by Gasteiger charge is -2.05. The van der Waals surface area contributed by atoms with Crippen molar-refractivity contribution in [2.45, 2.75) is 32.6 Å². The normalized spacial score (nSPS) is 10.8. The summed E-state index contributed by atoms with van der Waals surface area (Å²) < 4.78 is 5.31. The molecule has 1 heterocycles. The Balaban J connectivity index is 2.03. The van der Waals surface area contributed by atoms with Crippen molar-refractivity contribution in [1.29, 1.82) is 0 Å². The first kappa shape index (κ1) is 15.3. The maximum atomic E-state index is 11.7. The summed E-state index contributed by atoms with van der Waals surface area (Å²) in [6, 6.07) is 5.49. The molecule has 0 aliphatic rings. The molecule has 0 bridgehead atoms. The maximum absolute atomic E-state index is 11.7. The molecule has 112 valence electrons. The quantitative estimate of drug-likeness (QED) is 0.605. The Morgan fingerprint density at radius 1 is 1.29 bits per heavy atom. The summed E-state index contributed by atoms with van der Waals surface area (Å²) in [6.07, 6.45) is 3.89. The highest BCUT2D eigenvalue weighted by Crippen LogP contribution is 2.24. The SMILES string of the molecule is CC(=O)CCCC(=O)Oc1ccc2[nH]cc(CCN)c2c1. The Morgan fingerprint density at radius 2 is 2.10 bits per heavy atom. The van der Waals surface area contributed by atoms with Crippen molar-refractivity contribution >= 4 is 22.7 Å². The van der Waals surface area contributed by atoms with Crippen molar-refractivity contribution in [3.63, 3.8) is 0 Å². The number of carbonyl (C=O) groups is 2. The van der Waals surface area contributed by atoms with Crippen LogP contribution in [-0.4, -0.2) is 23.3 Å². The van der Waals surface area contributed by atoms with Crippen molar-refractivity contribution < 1.29 is 14.3 Å². The number of aromatic amines is 1. The van der Waals surface area contributed by atoms with E-state index in [4.69, 9.17) is 10.5 Å². The summed E-state index contributed by atoms with van der Waals surface area (Å²) in [5.74, 6) is 0.294. The minimum absolute atomic E-state index is 0.0861. The van der Waals surface area contributed by atoms with Crippen LogP contribution in [0.5, 0.6) is 5.75 Å². The van der Waals surface area contributed by atoms with Gasteiger partial charge in [0.1, 0.15) is 11.5 Å². The molecule has 5 nitrogen and oxygen atoms in total. The van der Waals surface area contributed by atoms with Gasteiger partial charge in [0, 0.05) is 29.9 Å². The maximum Gasteiger partial charge on any atom is 0.311 e. The third-order valence-electron chi connectivity index (χ3n) is 3.29. The Hall–Kier alpha value is -2.14. The van der Waals surface area contributed by atoms with Crippen LogP contribution in [0.2, 0.25) is 0 Å². The first-order valence-electron chi connectivity index (χ1n) is 7.10. The van der Waals surface area contributed by atoms with Gasteiger partial charge in [-0.3, -0.25) is 4.79 Å². The number of ketones is 1. The van der Waals surface area contributed by atoms with Crippen molar-refractivity contribution in [2.75, 3.05) is 6.54 Å². The number of esters is 1. The van der Waals surface area contributed by atoms with Gasteiger partial charge in [0.05, 0.1) is 0 Å². The largest absolute Gasteiger partial charge is 0.427 e. The molecule has 0 amide bonds. The van der Waals surface area contributed by atoms with Crippen LogP contribution in [0.25, 0.3) is 10.9 Å². The minimum atomic E-state index is -0.313. The van der Waals surface area contributed by atoms with Crippen LogP contribution in [0, 0.1) is 0 Å². The number of hydrogen-bond acceptors (Lipinski definition) is 4. The fourth-order valence-electron chi connectivity index (χ4n) is 2.25. The average molecular weight is 288 g/mol. The van der Waals surface area contributed by atoms with E-state index < -0.39 is 0 Å². The van der Waals surface area contributed by atoms with E-state index in [9.17, 15) is 9.59 Å². The zero-order valence-electron chi connectivity index (χ0n) is 12.1. The zero-order chi connectivity index (χ0) is 15.2. The number of carbonyl (C=O) groups excluding carboxylic acids is 2. The standard InChI is InChI=1S/C16H20N2O3/c1-11(19)3-2-4-16(20)21-13-5-6-15-14(9-13)12(7-8-17)10-18-15/h5-6,9-10,18H,2-4,7-8,17H2,1H3. The van der Waals surface area contributed by atoms with Gasteiger partial charge in [0.25, 0.3) is 0 Å². The summed E-state index contributed by atoms with van der Waals surface area (Å²) in [5.41, 5.74) is 7.69. The Kier molecular flexibility index (Phi) is 5.11. The molecule has 5 heteroatoms. The number of fused-ring (bicyclic) bond motifs is 1. The lowest BCUT2D eigenvalue weighted by atomic mass is 10.1. The first-order valence-corrected chi connectivity index (χ1v) is 7.10. The minimum Gasteiger partial charge on any atom is -0.427 e. The van der Waals surface area contributed by atoms with Gasteiger partial charge in [-0.2, -0.15) is 0 Å². The second kappa shape index (κ2) is 7.04. The Morgan fingerprint density at radius 3 is 2.81 bits per heavy atom. The molecule has 0 fully saturated rings. The molecule has 2 rings (SSSR count). The molecule has 0 aliphatic heterocycles. The number of ether oxygens (including phenoxy) is 1.